The van der Waals surface area contributed by atoms with Gasteiger partial charge in [-0.15, -0.1) is 0 Å². The molecule has 0 spiro atoms. The fourth-order valence-electron chi connectivity index (χ4n) is 2.60. The highest BCUT2D eigenvalue weighted by Gasteiger charge is 2.35. The molecule has 102 valence electrons. The number of hydrogen-bond acceptors (Lipinski definition) is 3. The number of rotatable bonds is 1. The van der Waals surface area contributed by atoms with Crippen molar-refractivity contribution in [3.8, 4) is 0 Å². The van der Waals surface area contributed by atoms with E-state index in [0.29, 0.717) is 11.3 Å². The number of amides is 1. The molecule has 0 N–H and O–H groups in total. The first-order chi connectivity index (χ1) is 8.59. The Balaban J connectivity index is 2.13. The molecule has 2 atom stereocenters. The topological polar surface area (TPSA) is 32.7 Å². The summed E-state index contributed by atoms with van der Waals surface area (Å²) in [5, 5.41) is 1.39. The lowest BCUT2D eigenvalue weighted by atomic mass is 9.90. The van der Waals surface area contributed by atoms with Crippen LogP contribution in [0.15, 0.2) is 4.99 Å². The van der Waals surface area contributed by atoms with Gasteiger partial charge in [-0.2, -0.15) is 4.99 Å². The fraction of sp³-hybridized carbons (Fsp3) is 0.857. The largest absolute Gasteiger partial charge is 0.352 e. The molecule has 18 heavy (non-hydrogen) atoms. The smallest absolute Gasteiger partial charge is 0.252 e. The van der Waals surface area contributed by atoms with E-state index < -0.39 is 0 Å². The van der Waals surface area contributed by atoms with E-state index in [4.69, 9.17) is 0 Å². The summed E-state index contributed by atoms with van der Waals surface area (Å²) in [6.45, 7) is 4.27. The lowest BCUT2D eigenvalue weighted by Crippen LogP contribution is -2.39. The minimum Gasteiger partial charge on any atom is -0.352 e. The van der Waals surface area contributed by atoms with Crippen LogP contribution in [-0.2, 0) is 4.79 Å². The van der Waals surface area contributed by atoms with Crippen molar-refractivity contribution in [2.24, 2.45) is 10.9 Å². The Morgan fingerprint density at radius 1 is 1.22 bits per heavy atom. The van der Waals surface area contributed by atoms with Gasteiger partial charge in [-0.05, 0) is 26.7 Å². The van der Waals surface area contributed by atoms with Crippen molar-refractivity contribution in [2.45, 2.75) is 63.7 Å². The number of hydrogen-bond donors (Lipinski definition) is 0. The summed E-state index contributed by atoms with van der Waals surface area (Å²) in [4.78, 5) is 18.7. The molecule has 1 heterocycles. The van der Waals surface area contributed by atoms with Crippen molar-refractivity contribution < 1.29 is 4.79 Å². The van der Waals surface area contributed by atoms with Crippen LogP contribution >= 0.6 is 11.8 Å². The van der Waals surface area contributed by atoms with E-state index in [1.54, 1.807) is 0 Å². The molecular formula is C14H24N2OS. The van der Waals surface area contributed by atoms with Gasteiger partial charge in [-0.25, -0.2) is 0 Å². The molecule has 4 heteroatoms. The van der Waals surface area contributed by atoms with Gasteiger partial charge in [0.2, 0.25) is 0 Å². The van der Waals surface area contributed by atoms with Gasteiger partial charge in [0.15, 0.2) is 5.17 Å². The standard InChI is InChI=1S/C14H24N2OS/c1-10(2)16(3)14-15-13(17)11-8-6-4-5-7-9-12(11)18-14/h10-12H,4-9H2,1-3H3. The predicted molar refractivity (Wildman–Crippen MR) is 77.9 cm³/mol. The molecule has 0 aromatic rings. The third kappa shape index (κ3) is 3.08. The van der Waals surface area contributed by atoms with E-state index in [-0.39, 0.29) is 11.8 Å². The van der Waals surface area contributed by atoms with Crippen molar-refractivity contribution >= 4 is 22.8 Å². The van der Waals surface area contributed by atoms with Crippen LogP contribution in [0, 0.1) is 5.92 Å². The van der Waals surface area contributed by atoms with Gasteiger partial charge >= 0.3 is 0 Å². The van der Waals surface area contributed by atoms with Crippen LogP contribution in [0.3, 0.4) is 0 Å². The zero-order chi connectivity index (χ0) is 13.1. The summed E-state index contributed by atoms with van der Waals surface area (Å²) >= 11 is 1.83. The molecular weight excluding hydrogens is 244 g/mol. The van der Waals surface area contributed by atoms with Gasteiger partial charge in [-0.3, -0.25) is 4.79 Å². The maximum absolute atomic E-state index is 12.2. The van der Waals surface area contributed by atoms with E-state index in [1.807, 2.05) is 18.8 Å². The van der Waals surface area contributed by atoms with Crippen LogP contribution in [0.4, 0.5) is 0 Å². The lowest BCUT2D eigenvalue weighted by Gasteiger charge is -2.34. The Morgan fingerprint density at radius 3 is 2.56 bits per heavy atom. The number of thioether (sulfide) groups is 1. The number of carbonyl (C=O) groups excluding carboxylic acids is 1. The van der Waals surface area contributed by atoms with Crippen molar-refractivity contribution in [3.05, 3.63) is 0 Å². The van der Waals surface area contributed by atoms with E-state index in [0.717, 1.165) is 11.6 Å². The molecule has 0 saturated heterocycles. The molecule has 0 aromatic heterocycles. The Hall–Kier alpha value is -0.510. The minimum atomic E-state index is 0.128. The van der Waals surface area contributed by atoms with Crippen LogP contribution in [-0.4, -0.2) is 34.3 Å². The van der Waals surface area contributed by atoms with Gasteiger partial charge in [0, 0.05) is 18.3 Å². The molecule has 2 rings (SSSR count). The summed E-state index contributed by atoms with van der Waals surface area (Å²) < 4.78 is 0. The van der Waals surface area contributed by atoms with Gasteiger partial charge in [0.05, 0.1) is 5.92 Å². The summed E-state index contributed by atoms with van der Waals surface area (Å²) in [5.74, 6) is 0.308. The molecule has 1 aliphatic carbocycles. The molecule has 3 nitrogen and oxygen atoms in total. The number of fused-ring (bicyclic) bond motifs is 1. The first kappa shape index (κ1) is 13.9. The van der Waals surface area contributed by atoms with Gasteiger partial charge in [0.25, 0.3) is 5.91 Å². The highest BCUT2D eigenvalue weighted by molar-refractivity contribution is 8.14. The highest BCUT2D eigenvalue weighted by Crippen LogP contribution is 2.37. The maximum atomic E-state index is 12.2. The molecule has 2 unspecified atom stereocenters. The van der Waals surface area contributed by atoms with Crippen molar-refractivity contribution in [3.63, 3.8) is 0 Å². The summed E-state index contributed by atoms with van der Waals surface area (Å²) in [5.41, 5.74) is 0. The van der Waals surface area contributed by atoms with Crippen LogP contribution in [0.1, 0.15) is 52.4 Å². The molecule has 0 radical (unpaired) electrons. The third-order valence-corrected chi connectivity index (χ3v) is 5.52. The van der Waals surface area contributed by atoms with E-state index in [9.17, 15) is 4.79 Å². The van der Waals surface area contributed by atoms with E-state index in [1.165, 1.54) is 32.1 Å². The van der Waals surface area contributed by atoms with E-state index >= 15 is 0 Å². The Labute approximate surface area is 114 Å². The van der Waals surface area contributed by atoms with E-state index in [2.05, 4.69) is 23.7 Å². The average Bonchev–Trinajstić information content (AvgIpc) is 2.29. The quantitative estimate of drug-likeness (QED) is 0.731. The number of nitrogens with zero attached hydrogens (tertiary/aromatic N) is 2. The summed E-state index contributed by atoms with van der Waals surface area (Å²) in [6.07, 6.45) is 7.28. The second-order valence-corrected chi connectivity index (χ2v) is 6.90. The normalized spacial score (nSPS) is 29.3. The van der Waals surface area contributed by atoms with Crippen LogP contribution in [0.5, 0.6) is 0 Å². The maximum Gasteiger partial charge on any atom is 0.252 e. The van der Waals surface area contributed by atoms with Crippen molar-refractivity contribution in [2.75, 3.05) is 7.05 Å². The Bertz CT molecular complexity index is 341. The fourth-order valence-corrected chi connectivity index (χ4v) is 4.09. The zero-order valence-electron chi connectivity index (χ0n) is 11.7. The Kier molecular flexibility index (Phi) is 4.71. The van der Waals surface area contributed by atoms with Gasteiger partial charge in [-0.1, -0.05) is 37.4 Å². The van der Waals surface area contributed by atoms with Crippen LogP contribution in [0.25, 0.3) is 0 Å². The monoisotopic (exact) mass is 268 g/mol. The average molecular weight is 268 g/mol. The number of amidine groups is 1. The second-order valence-electron chi connectivity index (χ2n) is 5.69. The molecule has 0 aromatic carbocycles. The van der Waals surface area contributed by atoms with Crippen LogP contribution < -0.4 is 0 Å². The second kappa shape index (κ2) is 6.09. The SMILES string of the molecule is CC(C)N(C)C1=NC(=O)C2CCCCCCC2S1. The lowest BCUT2D eigenvalue weighted by molar-refractivity contribution is -0.122. The molecule has 1 aliphatic heterocycles. The summed E-state index contributed by atoms with van der Waals surface area (Å²) in [6, 6.07) is 0.397. The number of aliphatic imine (C=N–C) groups is 1. The Morgan fingerprint density at radius 2 is 1.89 bits per heavy atom. The molecule has 1 amide bonds. The molecule has 2 aliphatic rings. The van der Waals surface area contributed by atoms with Crippen LogP contribution in [0.2, 0.25) is 0 Å². The third-order valence-electron chi connectivity index (χ3n) is 4.06. The first-order valence-electron chi connectivity index (χ1n) is 7.11. The predicted octanol–water partition coefficient (Wildman–Crippen LogP) is 3.30. The first-order valence-corrected chi connectivity index (χ1v) is 7.99. The van der Waals surface area contributed by atoms with Gasteiger partial charge < -0.3 is 4.90 Å². The molecule has 1 saturated carbocycles. The minimum absolute atomic E-state index is 0.128. The highest BCUT2D eigenvalue weighted by atomic mass is 32.2. The zero-order valence-corrected chi connectivity index (χ0v) is 12.5. The molecule has 0 bridgehead atoms. The summed E-state index contributed by atoms with van der Waals surface area (Å²) in [7, 11) is 2.03. The van der Waals surface area contributed by atoms with Crippen molar-refractivity contribution in [1.29, 1.82) is 0 Å². The number of carbonyl (C=O) groups is 1. The van der Waals surface area contributed by atoms with Crippen molar-refractivity contribution in [1.82, 2.24) is 4.90 Å². The molecule has 1 fully saturated rings. The van der Waals surface area contributed by atoms with Gasteiger partial charge in [0.1, 0.15) is 0 Å².